The zero-order valence-corrected chi connectivity index (χ0v) is 14.9. The lowest BCUT2D eigenvalue weighted by Gasteiger charge is -2.30. The summed E-state index contributed by atoms with van der Waals surface area (Å²) < 4.78 is 0. The van der Waals surface area contributed by atoms with Gasteiger partial charge in [-0.2, -0.15) is 0 Å². The molecule has 0 amide bonds. The van der Waals surface area contributed by atoms with Crippen molar-refractivity contribution in [2.75, 3.05) is 33.2 Å². The lowest BCUT2D eigenvalue weighted by Crippen LogP contribution is -2.43. The highest BCUT2D eigenvalue weighted by atomic mass is 15.1. The van der Waals surface area contributed by atoms with E-state index in [1.54, 1.807) is 0 Å². The molecular weight excluding hydrogens is 260 g/mol. The van der Waals surface area contributed by atoms with Gasteiger partial charge in [-0.05, 0) is 58.9 Å². The minimum atomic E-state index is 0.642. The highest BCUT2D eigenvalue weighted by molar-refractivity contribution is 4.76. The molecule has 3 N–H and O–H groups in total. The zero-order chi connectivity index (χ0) is 15.7. The lowest BCUT2D eigenvalue weighted by atomic mass is 10.1. The summed E-state index contributed by atoms with van der Waals surface area (Å²) in [5.74, 6) is 0. The van der Waals surface area contributed by atoms with Crippen molar-refractivity contribution in [1.29, 1.82) is 0 Å². The van der Waals surface area contributed by atoms with Crippen molar-refractivity contribution in [3.63, 3.8) is 0 Å². The van der Waals surface area contributed by atoms with Gasteiger partial charge >= 0.3 is 0 Å². The molecule has 0 aromatic heterocycles. The zero-order valence-electron chi connectivity index (χ0n) is 14.9. The van der Waals surface area contributed by atoms with Crippen LogP contribution >= 0.6 is 0 Å². The van der Waals surface area contributed by atoms with Gasteiger partial charge in [-0.15, -0.1) is 0 Å². The molecule has 0 atom stereocenters. The van der Waals surface area contributed by atoms with E-state index >= 15 is 0 Å². The number of nitrogens with zero attached hydrogens (tertiary/aromatic N) is 1. The second-order valence-electron chi connectivity index (χ2n) is 7.24. The molecule has 0 spiro atoms. The molecule has 2 fully saturated rings. The van der Waals surface area contributed by atoms with E-state index in [4.69, 9.17) is 0 Å². The Hall–Kier alpha value is -0.160. The Bertz CT molecular complexity index is 241. The van der Waals surface area contributed by atoms with Crippen molar-refractivity contribution in [3.8, 4) is 0 Å². The van der Waals surface area contributed by atoms with Crippen molar-refractivity contribution in [3.05, 3.63) is 0 Å². The van der Waals surface area contributed by atoms with Crippen LogP contribution in [0.15, 0.2) is 0 Å². The molecule has 0 saturated carbocycles. The van der Waals surface area contributed by atoms with E-state index in [0.717, 1.165) is 12.1 Å². The summed E-state index contributed by atoms with van der Waals surface area (Å²) in [7, 11) is 2.20. The Labute approximate surface area is 132 Å². The maximum absolute atomic E-state index is 3.58. The molecule has 0 radical (unpaired) electrons. The summed E-state index contributed by atoms with van der Waals surface area (Å²) >= 11 is 0. The fourth-order valence-electron chi connectivity index (χ4n) is 3.11. The molecule has 2 saturated heterocycles. The van der Waals surface area contributed by atoms with E-state index in [1.165, 1.54) is 51.9 Å². The summed E-state index contributed by atoms with van der Waals surface area (Å²) in [6.45, 7) is 13.7. The average Bonchev–Trinajstić information content (AvgIpc) is 2.42. The molecule has 0 unspecified atom stereocenters. The van der Waals surface area contributed by atoms with E-state index in [2.05, 4.69) is 55.6 Å². The second kappa shape index (κ2) is 10.5. The number of nitrogens with one attached hydrogen (secondary N) is 3. The van der Waals surface area contributed by atoms with Gasteiger partial charge in [0.25, 0.3) is 0 Å². The summed E-state index contributed by atoms with van der Waals surface area (Å²) in [4.78, 5) is 2.40. The molecule has 126 valence electrons. The van der Waals surface area contributed by atoms with Gasteiger partial charge in [0.05, 0.1) is 0 Å². The van der Waals surface area contributed by atoms with Crippen LogP contribution in [0.3, 0.4) is 0 Å². The molecule has 2 aliphatic heterocycles. The van der Waals surface area contributed by atoms with Gasteiger partial charge in [-0.3, -0.25) is 0 Å². The molecule has 2 aliphatic rings. The van der Waals surface area contributed by atoms with E-state index in [-0.39, 0.29) is 0 Å². The Balaban J connectivity index is 0.000000211. The highest BCUT2D eigenvalue weighted by Crippen LogP contribution is 2.08. The number of hydrogen-bond acceptors (Lipinski definition) is 4. The minimum absolute atomic E-state index is 0.642. The Kier molecular flexibility index (Phi) is 9.49. The van der Waals surface area contributed by atoms with E-state index in [1.807, 2.05) is 0 Å². The van der Waals surface area contributed by atoms with E-state index in [0.29, 0.717) is 12.1 Å². The van der Waals surface area contributed by atoms with Crippen LogP contribution in [0, 0.1) is 0 Å². The van der Waals surface area contributed by atoms with Crippen LogP contribution in [-0.4, -0.2) is 62.3 Å². The second-order valence-corrected chi connectivity index (χ2v) is 7.24. The summed E-state index contributed by atoms with van der Waals surface area (Å²) in [6, 6.07) is 2.82. The van der Waals surface area contributed by atoms with E-state index in [9.17, 15) is 0 Å². The molecule has 4 heteroatoms. The molecule has 0 aromatic rings. The van der Waals surface area contributed by atoms with Crippen molar-refractivity contribution in [2.24, 2.45) is 0 Å². The summed E-state index contributed by atoms with van der Waals surface area (Å²) in [6.07, 6.45) is 5.21. The predicted octanol–water partition coefficient (Wildman–Crippen LogP) is 1.82. The molecular formula is C17H38N4. The number of likely N-dealkylation sites (tertiary alicyclic amines) is 1. The fourth-order valence-corrected chi connectivity index (χ4v) is 3.11. The number of rotatable bonds is 4. The van der Waals surface area contributed by atoms with Gasteiger partial charge in [0.2, 0.25) is 0 Å². The van der Waals surface area contributed by atoms with Crippen LogP contribution < -0.4 is 16.0 Å². The maximum atomic E-state index is 3.58. The third-order valence-corrected chi connectivity index (χ3v) is 4.20. The maximum Gasteiger partial charge on any atom is 0.00937 e. The third-order valence-electron chi connectivity index (χ3n) is 4.20. The Morgan fingerprint density at radius 2 is 1.24 bits per heavy atom. The monoisotopic (exact) mass is 298 g/mol. The third kappa shape index (κ3) is 9.46. The Morgan fingerprint density at radius 3 is 1.67 bits per heavy atom. The van der Waals surface area contributed by atoms with Crippen LogP contribution in [0.5, 0.6) is 0 Å². The van der Waals surface area contributed by atoms with Crippen LogP contribution in [0.2, 0.25) is 0 Å². The first kappa shape index (κ1) is 18.9. The standard InChI is InChI=1S/C9H20N2.C8H18N2/c1-8(2)10-9-4-6-11(3)7-5-9;1-7(2)10-8-3-5-9-6-4-8/h8-10H,4-7H2,1-3H3;7-10H,3-6H2,1-2H3. The van der Waals surface area contributed by atoms with Crippen molar-refractivity contribution in [1.82, 2.24) is 20.9 Å². The molecule has 4 nitrogen and oxygen atoms in total. The smallest absolute Gasteiger partial charge is 0.00937 e. The molecule has 0 aromatic carbocycles. The number of piperidine rings is 2. The van der Waals surface area contributed by atoms with Gasteiger partial charge in [-0.25, -0.2) is 0 Å². The summed E-state index contributed by atoms with van der Waals surface area (Å²) in [5.41, 5.74) is 0. The van der Waals surface area contributed by atoms with Crippen molar-refractivity contribution in [2.45, 2.75) is 77.5 Å². The number of hydrogen-bond donors (Lipinski definition) is 3. The van der Waals surface area contributed by atoms with Crippen molar-refractivity contribution < 1.29 is 0 Å². The van der Waals surface area contributed by atoms with Crippen LogP contribution in [0.1, 0.15) is 53.4 Å². The highest BCUT2D eigenvalue weighted by Gasteiger charge is 2.16. The van der Waals surface area contributed by atoms with Gasteiger partial charge in [-0.1, -0.05) is 27.7 Å². The first-order valence-corrected chi connectivity index (χ1v) is 8.88. The normalized spacial score (nSPS) is 22.4. The van der Waals surface area contributed by atoms with E-state index < -0.39 is 0 Å². The lowest BCUT2D eigenvalue weighted by molar-refractivity contribution is 0.228. The molecule has 21 heavy (non-hydrogen) atoms. The molecule has 0 bridgehead atoms. The first-order valence-electron chi connectivity index (χ1n) is 8.88. The van der Waals surface area contributed by atoms with Gasteiger partial charge in [0.15, 0.2) is 0 Å². The van der Waals surface area contributed by atoms with Gasteiger partial charge < -0.3 is 20.9 Å². The molecule has 2 rings (SSSR count). The first-order chi connectivity index (χ1) is 9.97. The van der Waals surface area contributed by atoms with Crippen LogP contribution in [0.4, 0.5) is 0 Å². The molecule has 2 heterocycles. The predicted molar refractivity (Wildman–Crippen MR) is 93.0 cm³/mol. The van der Waals surface area contributed by atoms with Gasteiger partial charge in [0, 0.05) is 24.2 Å². The molecule has 0 aliphatic carbocycles. The SMILES string of the molecule is CC(C)NC1CCN(C)CC1.CC(C)NC1CCNCC1. The Morgan fingerprint density at radius 1 is 0.810 bits per heavy atom. The van der Waals surface area contributed by atoms with Crippen LogP contribution in [0.25, 0.3) is 0 Å². The van der Waals surface area contributed by atoms with Crippen LogP contribution in [-0.2, 0) is 0 Å². The largest absolute Gasteiger partial charge is 0.317 e. The minimum Gasteiger partial charge on any atom is -0.317 e. The van der Waals surface area contributed by atoms with Crippen molar-refractivity contribution >= 4 is 0 Å². The average molecular weight is 299 g/mol. The topological polar surface area (TPSA) is 39.3 Å². The van der Waals surface area contributed by atoms with Gasteiger partial charge in [0.1, 0.15) is 0 Å². The quantitative estimate of drug-likeness (QED) is 0.740. The fraction of sp³-hybridized carbons (Fsp3) is 1.00. The summed E-state index contributed by atoms with van der Waals surface area (Å²) in [5, 5.41) is 10.5.